The summed E-state index contributed by atoms with van der Waals surface area (Å²) in [7, 11) is 1.60. The first-order valence-corrected chi connectivity index (χ1v) is 7.10. The Balaban J connectivity index is 2.18. The van der Waals surface area contributed by atoms with E-state index in [0.29, 0.717) is 11.6 Å². The first kappa shape index (κ1) is 15.3. The standard InChI is InChI=1S/C17H22N2O2/c1-12-8-9-14(18)6-4-5-7-15(12)21-16-10-11-17(20-3)19-13(16)2/h4-5,7,10-11,14H,1,6,8-9,18H2,2-3H3/b5-4-,15-7?/t14-/m0/s1. The number of allylic oxidation sites excluding steroid dienone is 3. The average Bonchev–Trinajstić information content (AvgIpc) is 2.55. The van der Waals surface area contributed by atoms with E-state index in [1.165, 1.54) is 0 Å². The number of rotatable bonds is 3. The monoisotopic (exact) mass is 286 g/mol. The predicted octanol–water partition coefficient (Wildman–Crippen LogP) is 3.28. The van der Waals surface area contributed by atoms with Gasteiger partial charge in [0.25, 0.3) is 0 Å². The Labute approximate surface area is 126 Å². The molecule has 4 heteroatoms. The molecule has 21 heavy (non-hydrogen) atoms. The molecule has 112 valence electrons. The fraction of sp³-hybridized carbons (Fsp3) is 0.353. The molecule has 1 aromatic rings. The topological polar surface area (TPSA) is 57.4 Å². The molecular formula is C17H22N2O2. The van der Waals surface area contributed by atoms with Crippen LogP contribution in [0.25, 0.3) is 0 Å². The van der Waals surface area contributed by atoms with Crippen LogP contribution in [0.15, 0.2) is 48.3 Å². The summed E-state index contributed by atoms with van der Waals surface area (Å²) in [5, 5.41) is 0. The number of hydrogen-bond acceptors (Lipinski definition) is 4. The van der Waals surface area contributed by atoms with Gasteiger partial charge in [-0.2, -0.15) is 0 Å². The van der Waals surface area contributed by atoms with Crippen LogP contribution >= 0.6 is 0 Å². The van der Waals surface area contributed by atoms with Crippen molar-refractivity contribution in [1.82, 2.24) is 4.98 Å². The number of ether oxygens (including phenoxy) is 2. The molecule has 0 saturated carbocycles. The fourth-order valence-electron chi connectivity index (χ4n) is 2.10. The van der Waals surface area contributed by atoms with E-state index in [0.717, 1.165) is 36.3 Å². The van der Waals surface area contributed by atoms with E-state index in [2.05, 4.69) is 17.6 Å². The quantitative estimate of drug-likeness (QED) is 0.926. The van der Waals surface area contributed by atoms with Gasteiger partial charge >= 0.3 is 0 Å². The second-order valence-electron chi connectivity index (χ2n) is 5.14. The molecule has 0 aromatic carbocycles. The Bertz CT molecular complexity index is 576. The van der Waals surface area contributed by atoms with Gasteiger partial charge in [0.2, 0.25) is 5.88 Å². The molecular weight excluding hydrogens is 264 g/mol. The Hall–Kier alpha value is -2.07. The molecule has 0 fully saturated rings. The SMILES string of the molecule is C=C1CC[C@@H](N)C/C=C\C=C1Oc1ccc(OC)nc1C. The summed E-state index contributed by atoms with van der Waals surface area (Å²) in [5.74, 6) is 2.04. The van der Waals surface area contributed by atoms with Crippen molar-refractivity contribution in [3.63, 3.8) is 0 Å². The minimum Gasteiger partial charge on any atom is -0.481 e. The summed E-state index contributed by atoms with van der Waals surface area (Å²) in [6, 6.07) is 3.82. The van der Waals surface area contributed by atoms with E-state index in [1.54, 1.807) is 13.2 Å². The molecule has 0 bridgehead atoms. The van der Waals surface area contributed by atoms with E-state index in [9.17, 15) is 0 Å². The van der Waals surface area contributed by atoms with Crippen molar-refractivity contribution in [3.8, 4) is 11.6 Å². The Kier molecular flexibility index (Phi) is 5.17. The number of nitrogens with two attached hydrogens (primary N) is 1. The van der Waals surface area contributed by atoms with E-state index in [4.69, 9.17) is 15.2 Å². The van der Waals surface area contributed by atoms with Crippen molar-refractivity contribution in [2.24, 2.45) is 5.73 Å². The summed E-state index contributed by atoms with van der Waals surface area (Å²) in [6.45, 7) is 6.00. The lowest BCUT2D eigenvalue weighted by Gasteiger charge is -2.15. The third-order valence-electron chi connectivity index (χ3n) is 3.43. The number of aryl methyl sites for hydroxylation is 1. The zero-order chi connectivity index (χ0) is 15.2. The smallest absolute Gasteiger partial charge is 0.213 e. The molecule has 0 saturated heterocycles. The largest absolute Gasteiger partial charge is 0.481 e. The van der Waals surface area contributed by atoms with Crippen LogP contribution in [0.4, 0.5) is 0 Å². The van der Waals surface area contributed by atoms with Gasteiger partial charge in [-0.1, -0.05) is 18.7 Å². The minimum atomic E-state index is 0.176. The van der Waals surface area contributed by atoms with Crippen LogP contribution in [0.5, 0.6) is 11.6 Å². The summed E-state index contributed by atoms with van der Waals surface area (Å²) in [6.07, 6.45) is 8.58. The van der Waals surface area contributed by atoms with Crippen LogP contribution in [0.2, 0.25) is 0 Å². The normalized spacial score (nSPS) is 20.8. The molecule has 0 spiro atoms. The molecule has 0 radical (unpaired) electrons. The van der Waals surface area contributed by atoms with Gasteiger partial charge in [-0.3, -0.25) is 0 Å². The lowest BCUT2D eigenvalue weighted by atomic mass is 10.0. The van der Waals surface area contributed by atoms with Gasteiger partial charge in [-0.05, 0) is 43.9 Å². The molecule has 2 N–H and O–H groups in total. The molecule has 1 aromatic heterocycles. The third kappa shape index (κ3) is 4.20. The van der Waals surface area contributed by atoms with Gasteiger partial charge in [-0.25, -0.2) is 4.98 Å². The number of methoxy groups -OCH3 is 1. The van der Waals surface area contributed by atoms with Crippen molar-refractivity contribution in [1.29, 1.82) is 0 Å². The van der Waals surface area contributed by atoms with Crippen LogP contribution in [0.3, 0.4) is 0 Å². The maximum atomic E-state index is 6.01. The number of hydrogen-bond donors (Lipinski definition) is 1. The Morgan fingerprint density at radius 2 is 2.19 bits per heavy atom. The van der Waals surface area contributed by atoms with E-state index < -0.39 is 0 Å². The number of pyridine rings is 1. The predicted molar refractivity (Wildman–Crippen MR) is 84.3 cm³/mol. The summed E-state index contributed by atoms with van der Waals surface area (Å²) >= 11 is 0. The van der Waals surface area contributed by atoms with Gasteiger partial charge in [0, 0.05) is 12.1 Å². The lowest BCUT2D eigenvalue weighted by Crippen LogP contribution is -2.18. The molecule has 1 aliphatic carbocycles. The van der Waals surface area contributed by atoms with Crippen molar-refractivity contribution >= 4 is 0 Å². The lowest BCUT2D eigenvalue weighted by molar-refractivity contribution is 0.388. The minimum absolute atomic E-state index is 0.176. The van der Waals surface area contributed by atoms with Crippen molar-refractivity contribution in [3.05, 3.63) is 54.0 Å². The van der Waals surface area contributed by atoms with Crippen molar-refractivity contribution in [2.45, 2.75) is 32.2 Å². The Morgan fingerprint density at radius 1 is 1.38 bits per heavy atom. The maximum absolute atomic E-state index is 6.01. The second kappa shape index (κ2) is 7.09. The highest BCUT2D eigenvalue weighted by Crippen LogP contribution is 2.26. The van der Waals surface area contributed by atoms with Gasteiger partial charge in [0.15, 0.2) is 0 Å². The van der Waals surface area contributed by atoms with Gasteiger partial charge in [-0.15, -0.1) is 0 Å². The fourth-order valence-corrected chi connectivity index (χ4v) is 2.10. The van der Waals surface area contributed by atoms with Crippen LogP contribution in [0, 0.1) is 6.92 Å². The van der Waals surface area contributed by atoms with Crippen LogP contribution in [-0.2, 0) is 0 Å². The van der Waals surface area contributed by atoms with E-state index in [1.807, 2.05) is 25.1 Å². The van der Waals surface area contributed by atoms with Crippen LogP contribution in [0.1, 0.15) is 25.0 Å². The van der Waals surface area contributed by atoms with Crippen LogP contribution in [-0.4, -0.2) is 18.1 Å². The number of nitrogens with zero attached hydrogens (tertiary/aromatic N) is 1. The molecule has 0 unspecified atom stereocenters. The molecule has 1 heterocycles. The summed E-state index contributed by atoms with van der Waals surface area (Å²) in [5.41, 5.74) is 7.74. The average molecular weight is 286 g/mol. The van der Waals surface area contributed by atoms with E-state index >= 15 is 0 Å². The van der Waals surface area contributed by atoms with Crippen molar-refractivity contribution < 1.29 is 9.47 Å². The highest BCUT2D eigenvalue weighted by molar-refractivity contribution is 5.36. The van der Waals surface area contributed by atoms with E-state index in [-0.39, 0.29) is 6.04 Å². The zero-order valence-electron chi connectivity index (χ0n) is 12.6. The van der Waals surface area contributed by atoms with Crippen LogP contribution < -0.4 is 15.2 Å². The zero-order valence-corrected chi connectivity index (χ0v) is 12.6. The third-order valence-corrected chi connectivity index (χ3v) is 3.43. The molecule has 1 aliphatic rings. The summed E-state index contributed by atoms with van der Waals surface area (Å²) < 4.78 is 11.1. The van der Waals surface area contributed by atoms with Gasteiger partial charge in [0.1, 0.15) is 11.5 Å². The molecule has 0 amide bonds. The highest BCUT2D eigenvalue weighted by Gasteiger charge is 2.12. The highest BCUT2D eigenvalue weighted by atomic mass is 16.5. The maximum Gasteiger partial charge on any atom is 0.213 e. The van der Waals surface area contributed by atoms with Gasteiger partial charge in [0.05, 0.1) is 12.8 Å². The molecule has 2 rings (SSSR count). The molecule has 1 atom stereocenters. The number of aromatic nitrogens is 1. The van der Waals surface area contributed by atoms with Crippen molar-refractivity contribution in [2.75, 3.05) is 7.11 Å². The summed E-state index contributed by atoms with van der Waals surface area (Å²) in [4.78, 5) is 4.31. The van der Waals surface area contributed by atoms with Gasteiger partial charge < -0.3 is 15.2 Å². The molecule has 0 aliphatic heterocycles. The first-order valence-electron chi connectivity index (χ1n) is 7.10. The second-order valence-corrected chi connectivity index (χ2v) is 5.14. The first-order chi connectivity index (χ1) is 10.1. The Morgan fingerprint density at radius 3 is 2.90 bits per heavy atom. The molecule has 4 nitrogen and oxygen atoms in total.